The zero-order valence-corrected chi connectivity index (χ0v) is 20.4. The first kappa shape index (κ1) is 24.2. The van der Waals surface area contributed by atoms with Crippen LogP contribution in [-0.4, -0.2) is 39.5 Å². The van der Waals surface area contributed by atoms with E-state index in [0.717, 1.165) is 5.56 Å². The molecule has 0 saturated heterocycles. The molecule has 1 amide bonds. The van der Waals surface area contributed by atoms with E-state index in [1.807, 2.05) is 56.3 Å². The van der Waals surface area contributed by atoms with Crippen molar-refractivity contribution in [3.8, 4) is 16.9 Å². The molecular formula is C28H26ClN3O3. The minimum Gasteiger partial charge on any atom is -0.331 e. The minimum absolute atomic E-state index is 0.0176. The molecule has 0 bridgehead atoms. The minimum atomic E-state index is -0.476. The Kier molecular flexibility index (Phi) is 7.32. The number of aryl methyl sites for hydroxylation is 1. The predicted molar refractivity (Wildman–Crippen MR) is 139 cm³/mol. The first-order valence-corrected chi connectivity index (χ1v) is 11.8. The lowest BCUT2D eigenvalue weighted by molar-refractivity contribution is 0.0709. The van der Waals surface area contributed by atoms with E-state index in [1.54, 1.807) is 36.4 Å². The number of H-pyrrole nitrogens is 1. The van der Waals surface area contributed by atoms with E-state index in [4.69, 9.17) is 11.6 Å². The monoisotopic (exact) mass is 487 g/mol. The third-order valence-electron chi connectivity index (χ3n) is 5.73. The van der Waals surface area contributed by atoms with E-state index in [9.17, 15) is 14.4 Å². The summed E-state index contributed by atoms with van der Waals surface area (Å²) in [5.41, 5.74) is 2.76. The van der Waals surface area contributed by atoms with Gasteiger partial charge in [0.05, 0.1) is 17.9 Å². The molecule has 1 N–H and O–H groups in total. The molecule has 0 aliphatic heterocycles. The molecular weight excluding hydrogens is 462 g/mol. The summed E-state index contributed by atoms with van der Waals surface area (Å²) in [7, 11) is 0. The van der Waals surface area contributed by atoms with Crippen LogP contribution >= 0.6 is 11.6 Å². The zero-order chi connectivity index (χ0) is 24.9. The lowest BCUT2D eigenvalue weighted by atomic mass is 10.0. The van der Waals surface area contributed by atoms with Crippen LogP contribution in [0.2, 0.25) is 5.02 Å². The number of carbonyl (C=O) groups excluding carboxylic acids is 2. The van der Waals surface area contributed by atoms with Crippen LogP contribution in [0, 0.1) is 6.92 Å². The van der Waals surface area contributed by atoms with Crippen molar-refractivity contribution in [2.75, 3.05) is 13.1 Å². The van der Waals surface area contributed by atoms with Crippen molar-refractivity contribution in [1.82, 2.24) is 14.7 Å². The maximum atomic E-state index is 13.6. The molecule has 0 unspecified atom stereocenters. The Labute approximate surface area is 208 Å². The Morgan fingerprint density at radius 1 is 0.943 bits per heavy atom. The molecule has 7 heteroatoms. The molecule has 0 atom stereocenters. The van der Waals surface area contributed by atoms with Gasteiger partial charge in [0.1, 0.15) is 5.56 Å². The van der Waals surface area contributed by atoms with Crippen LogP contribution in [0.3, 0.4) is 0 Å². The van der Waals surface area contributed by atoms with Crippen LogP contribution in [0.5, 0.6) is 0 Å². The first-order valence-electron chi connectivity index (χ1n) is 11.4. The highest BCUT2D eigenvalue weighted by Crippen LogP contribution is 2.22. The molecule has 0 fully saturated rings. The fourth-order valence-electron chi connectivity index (χ4n) is 3.94. The second-order valence-electron chi connectivity index (χ2n) is 8.36. The highest BCUT2D eigenvalue weighted by Gasteiger charge is 2.26. The van der Waals surface area contributed by atoms with E-state index >= 15 is 0 Å². The van der Waals surface area contributed by atoms with E-state index in [2.05, 4.69) is 5.10 Å². The normalized spacial score (nSPS) is 10.8. The number of aromatic amines is 1. The molecule has 3 aromatic carbocycles. The number of ketones is 1. The molecule has 1 aromatic heterocycles. The van der Waals surface area contributed by atoms with Gasteiger partial charge in [-0.3, -0.25) is 19.5 Å². The van der Waals surface area contributed by atoms with Crippen molar-refractivity contribution >= 4 is 23.3 Å². The van der Waals surface area contributed by atoms with Crippen LogP contribution in [0.4, 0.5) is 0 Å². The molecule has 1 heterocycles. The Balaban J connectivity index is 1.74. The Morgan fingerprint density at radius 3 is 2.23 bits per heavy atom. The van der Waals surface area contributed by atoms with Crippen LogP contribution in [0.15, 0.2) is 83.7 Å². The summed E-state index contributed by atoms with van der Waals surface area (Å²) in [6.45, 7) is 4.09. The highest BCUT2D eigenvalue weighted by atomic mass is 35.5. The summed E-state index contributed by atoms with van der Waals surface area (Å²) < 4.78 is 1.33. The van der Waals surface area contributed by atoms with Gasteiger partial charge in [-0.2, -0.15) is 0 Å². The van der Waals surface area contributed by atoms with Crippen molar-refractivity contribution in [2.45, 2.75) is 20.3 Å². The average Bonchev–Trinajstić information content (AvgIpc) is 3.22. The van der Waals surface area contributed by atoms with Crippen LogP contribution in [0.1, 0.15) is 39.6 Å². The van der Waals surface area contributed by atoms with Gasteiger partial charge in [-0.1, -0.05) is 66.6 Å². The number of Topliss-reactive ketones (excluding diaryl/α,β-unsaturated/α-hetero) is 1. The van der Waals surface area contributed by atoms with E-state index in [-0.39, 0.29) is 18.0 Å². The molecule has 0 saturated carbocycles. The fourth-order valence-corrected chi connectivity index (χ4v) is 4.06. The fraction of sp³-hybridized carbons (Fsp3) is 0.179. The second-order valence-corrected chi connectivity index (χ2v) is 8.80. The van der Waals surface area contributed by atoms with Crippen molar-refractivity contribution in [2.24, 2.45) is 0 Å². The zero-order valence-electron chi connectivity index (χ0n) is 19.6. The largest absolute Gasteiger partial charge is 0.331 e. The van der Waals surface area contributed by atoms with Crippen molar-refractivity contribution in [3.05, 3.63) is 111 Å². The number of benzene rings is 3. The third kappa shape index (κ3) is 5.28. The van der Waals surface area contributed by atoms with Gasteiger partial charge < -0.3 is 4.90 Å². The number of aromatic nitrogens is 2. The Bertz CT molecular complexity index is 1390. The van der Waals surface area contributed by atoms with E-state index in [1.165, 1.54) is 9.58 Å². The molecule has 4 aromatic rings. The van der Waals surface area contributed by atoms with Crippen LogP contribution in [-0.2, 0) is 0 Å². The lowest BCUT2D eigenvalue weighted by Crippen LogP contribution is -2.37. The Morgan fingerprint density at radius 2 is 1.60 bits per heavy atom. The summed E-state index contributed by atoms with van der Waals surface area (Å²) >= 11 is 6.01. The summed E-state index contributed by atoms with van der Waals surface area (Å²) in [6.07, 6.45) is 0.679. The van der Waals surface area contributed by atoms with Crippen LogP contribution in [0.25, 0.3) is 16.9 Å². The number of carbonyl (C=O) groups is 2. The molecule has 6 nitrogen and oxygen atoms in total. The standard InChI is InChI=1S/C28H26ClN3O3/c1-3-17-31(27(34)21-11-9-19(2)10-12-21)18-24(33)25-26(20-7-5-4-6-8-20)30-32(28(25)35)23-15-13-22(29)14-16-23/h4-16,30H,3,17-18H2,1-2H3. The number of halogens is 1. The van der Waals surface area contributed by atoms with Crippen molar-refractivity contribution < 1.29 is 9.59 Å². The summed E-state index contributed by atoms with van der Waals surface area (Å²) in [5.74, 6) is -0.665. The summed E-state index contributed by atoms with van der Waals surface area (Å²) in [5, 5.41) is 3.63. The molecule has 0 aliphatic rings. The van der Waals surface area contributed by atoms with Gasteiger partial charge in [-0.25, -0.2) is 4.68 Å². The number of rotatable bonds is 8. The molecule has 0 radical (unpaired) electrons. The number of hydrogen-bond acceptors (Lipinski definition) is 3. The Hall–Kier alpha value is -3.90. The van der Waals surface area contributed by atoms with Gasteiger partial charge in [0.2, 0.25) is 0 Å². The van der Waals surface area contributed by atoms with E-state index in [0.29, 0.717) is 40.5 Å². The molecule has 178 valence electrons. The van der Waals surface area contributed by atoms with Crippen molar-refractivity contribution in [3.63, 3.8) is 0 Å². The SMILES string of the molecule is CCCN(CC(=O)c1c(-c2ccccc2)[nH]n(-c2ccc(Cl)cc2)c1=O)C(=O)c1ccc(C)cc1. The molecule has 35 heavy (non-hydrogen) atoms. The molecule has 0 spiro atoms. The van der Waals surface area contributed by atoms with Crippen molar-refractivity contribution in [1.29, 1.82) is 0 Å². The summed E-state index contributed by atoms with van der Waals surface area (Å²) in [4.78, 5) is 41.7. The van der Waals surface area contributed by atoms with E-state index < -0.39 is 11.3 Å². The maximum absolute atomic E-state index is 13.6. The van der Waals surface area contributed by atoms with Gasteiger partial charge in [-0.05, 0) is 49.7 Å². The average molecular weight is 488 g/mol. The van der Waals surface area contributed by atoms with Gasteiger partial charge in [-0.15, -0.1) is 0 Å². The second kappa shape index (κ2) is 10.6. The van der Waals surface area contributed by atoms with Gasteiger partial charge in [0, 0.05) is 22.7 Å². The summed E-state index contributed by atoms with van der Waals surface area (Å²) in [6, 6.07) is 23.2. The smallest absolute Gasteiger partial charge is 0.282 e. The number of nitrogens with one attached hydrogen (secondary N) is 1. The van der Waals surface area contributed by atoms with Crippen LogP contribution < -0.4 is 5.56 Å². The molecule has 4 rings (SSSR count). The number of amides is 1. The third-order valence-corrected chi connectivity index (χ3v) is 5.98. The molecule has 0 aliphatic carbocycles. The first-order chi connectivity index (χ1) is 16.9. The quantitative estimate of drug-likeness (QED) is 0.332. The van der Waals surface area contributed by atoms with Gasteiger partial charge in [0.25, 0.3) is 11.5 Å². The highest BCUT2D eigenvalue weighted by molar-refractivity contribution is 6.30. The topological polar surface area (TPSA) is 75.2 Å². The maximum Gasteiger partial charge on any atom is 0.282 e. The van der Waals surface area contributed by atoms with Gasteiger partial charge >= 0.3 is 0 Å². The number of nitrogens with zero attached hydrogens (tertiary/aromatic N) is 2. The number of hydrogen-bond donors (Lipinski definition) is 1. The predicted octanol–water partition coefficient (Wildman–Crippen LogP) is 5.53. The van der Waals surface area contributed by atoms with Gasteiger partial charge in [0.15, 0.2) is 5.78 Å². The lowest BCUT2D eigenvalue weighted by Gasteiger charge is -2.21.